The van der Waals surface area contributed by atoms with Crippen LogP contribution in [0.15, 0.2) is 54.9 Å². The number of benzene rings is 1. The number of carbonyl (C=O) groups excluding carboxylic acids is 1. The number of aromatic nitrogens is 2. The fraction of sp³-hybridized carbons (Fsp3) is 0.391. The molecule has 1 aromatic carbocycles. The Bertz CT molecular complexity index is 970. The predicted molar refractivity (Wildman–Crippen MR) is 112 cm³/mol. The minimum absolute atomic E-state index is 0.0915. The molecule has 2 N–H and O–H groups in total. The van der Waals surface area contributed by atoms with E-state index >= 15 is 0 Å². The maximum Gasteiger partial charge on any atom is 0.224 e. The molecule has 6 nitrogen and oxygen atoms in total. The van der Waals surface area contributed by atoms with E-state index in [1.807, 2.05) is 59.3 Å². The fourth-order valence-electron chi connectivity index (χ4n) is 4.69. The lowest BCUT2D eigenvalue weighted by Gasteiger charge is -2.28. The van der Waals surface area contributed by atoms with E-state index in [-0.39, 0.29) is 5.91 Å². The number of piperidine rings is 1. The summed E-state index contributed by atoms with van der Waals surface area (Å²) in [5.74, 6) is 1.30. The van der Waals surface area contributed by atoms with Crippen LogP contribution >= 0.6 is 0 Å². The fourth-order valence-corrected chi connectivity index (χ4v) is 4.69. The first kappa shape index (κ1) is 18.2. The Morgan fingerprint density at radius 2 is 2.03 bits per heavy atom. The quantitative estimate of drug-likeness (QED) is 0.672. The molecule has 2 aliphatic heterocycles. The number of amides is 1. The highest BCUT2D eigenvalue weighted by atomic mass is 16.5. The second-order valence-corrected chi connectivity index (χ2v) is 8.24. The van der Waals surface area contributed by atoms with Crippen molar-refractivity contribution in [2.75, 3.05) is 5.32 Å². The number of nitrogens with one attached hydrogen (secondary N) is 2. The molecule has 0 radical (unpaired) electrons. The molecule has 6 heteroatoms. The summed E-state index contributed by atoms with van der Waals surface area (Å²) in [6.07, 6.45) is 9.28. The van der Waals surface area contributed by atoms with Crippen LogP contribution in [0.4, 0.5) is 5.69 Å². The molecule has 4 heterocycles. The van der Waals surface area contributed by atoms with Crippen LogP contribution in [-0.4, -0.2) is 27.4 Å². The van der Waals surface area contributed by atoms with Gasteiger partial charge in [0.25, 0.3) is 0 Å². The number of rotatable bonds is 6. The van der Waals surface area contributed by atoms with Crippen molar-refractivity contribution in [3.05, 3.63) is 60.6 Å². The van der Waals surface area contributed by atoms with Crippen molar-refractivity contribution in [3.63, 3.8) is 0 Å². The summed E-state index contributed by atoms with van der Waals surface area (Å²) in [6.45, 7) is 0.386. The SMILES string of the molecule is O=C(CC1CC2CCC(C1)N2)Nc1cccc(OCc2cn3ccccc3n2)c1. The largest absolute Gasteiger partial charge is 0.487 e. The molecule has 2 fully saturated rings. The summed E-state index contributed by atoms with van der Waals surface area (Å²) in [6, 6.07) is 14.7. The van der Waals surface area contributed by atoms with Gasteiger partial charge in [0.1, 0.15) is 18.0 Å². The molecule has 2 bridgehead atoms. The molecule has 5 rings (SSSR count). The predicted octanol–water partition coefficient (Wildman–Crippen LogP) is 3.77. The summed E-state index contributed by atoms with van der Waals surface area (Å²) in [4.78, 5) is 17.1. The Morgan fingerprint density at radius 1 is 1.17 bits per heavy atom. The number of ether oxygens (including phenoxy) is 1. The van der Waals surface area contributed by atoms with Gasteiger partial charge in [-0.05, 0) is 55.9 Å². The minimum atomic E-state index is 0.0915. The van der Waals surface area contributed by atoms with E-state index in [1.165, 1.54) is 12.8 Å². The highest BCUT2D eigenvalue weighted by Gasteiger charge is 2.34. The number of nitrogens with zero attached hydrogens (tertiary/aromatic N) is 2. The maximum absolute atomic E-state index is 12.5. The van der Waals surface area contributed by atoms with Gasteiger partial charge < -0.3 is 19.8 Å². The van der Waals surface area contributed by atoms with Crippen molar-refractivity contribution in [2.24, 2.45) is 5.92 Å². The van der Waals surface area contributed by atoms with Gasteiger partial charge in [-0.15, -0.1) is 0 Å². The van der Waals surface area contributed by atoms with Crippen molar-refractivity contribution >= 4 is 17.2 Å². The molecule has 0 saturated carbocycles. The summed E-state index contributed by atoms with van der Waals surface area (Å²) in [7, 11) is 0. The number of hydrogen-bond acceptors (Lipinski definition) is 4. The number of fused-ring (bicyclic) bond motifs is 3. The Balaban J connectivity index is 1.16. The van der Waals surface area contributed by atoms with Crippen LogP contribution in [-0.2, 0) is 11.4 Å². The van der Waals surface area contributed by atoms with Crippen LogP contribution in [0.1, 0.15) is 37.8 Å². The molecule has 1 amide bonds. The van der Waals surface area contributed by atoms with Crippen molar-refractivity contribution in [3.8, 4) is 5.75 Å². The van der Waals surface area contributed by atoms with Crippen LogP contribution in [0.2, 0.25) is 0 Å². The van der Waals surface area contributed by atoms with E-state index < -0.39 is 0 Å². The summed E-state index contributed by atoms with van der Waals surface area (Å²) >= 11 is 0. The van der Waals surface area contributed by atoms with E-state index in [9.17, 15) is 4.79 Å². The first-order valence-electron chi connectivity index (χ1n) is 10.4. The van der Waals surface area contributed by atoms with Gasteiger partial charge in [-0.3, -0.25) is 4.79 Å². The van der Waals surface area contributed by atoms with Gasteiger partial charge in [-0.2, -0.15) is 0 Å². The monoisotopic (exact) mass is 390 g/mol. The van der Waals surface area contributed by atoms with Crippen LogP contribution < -0.4 is 15.4 Å². The first-order valence-corrected chi connectivity index (χ1v) is 10.4. The number of hydrogen-bond donors (Lipinski definition) is 2. The van der Waals surface area contributed by atoms with E-state index in [1.54, 1.807) is 0 Å². The summed E-state index contributed by atoms with van der Waals surface area (Å²) < 4.78 is 7.87. The zero-order valence-corrected chi connectivity index (χ0v) is 16.4. The highest BCUT2D eigenvalue weighted by molar-refractivity contribution is 5.91. The van der Waals surface area contributed by atoms with Crippen LogP contribution in [0.3, 0.4) is 0 Å². The van der Waals surface area contributed by atoms with Crippen LogP contribution in [0.5, 0.6) is 5.75 Å². The van der Waals surface area contributed by atoms with Crippen LogP contribution in [0, 0.1) is 5.92 Å². The third kappa shape index (κ3) is 4.27. The molecule has 2 aromatic heterocycles. The zero-order chi connectivity index (χ0) is 19.6. The minimum Gasteiger partial charge on any atom is -0.487 e. The summed E-state index contributed by atoms with van der Waals surface area (Å²) in [5.41, 5.74) is 2.55. The average molecular weight is 390 g/mol. The lowest BCUT2D eigenvalue weighted by molar-refractivity contribution is -0.117. The van der Waals surface area contributed by atoms with E-state index in [2.05, 4.69) is 15.6 Å². The number of carbonyl (C=O) groups is 1. The van der Waals surface area contributed by atoms with Crippen LogP contribution in [0.25, 0.3) is 5.65 Å². The van der Waals surface area contributed by atoms with E-state index in [4.69, 9.17) is 4.74 Å². The smallest absolute Gasteiger partial charge is 0.224 e. The third-order valence-electron chi connectivity index (χ3n) is 5.96. The van der Waals surface area contributed by atoms with Gasteiger partial charge in [0.2, 0.25) is 5.91 Å². The van der Waals surface area contributed by atoms with Gasteiger partial charge >= 0.3 is 0 Å². The second-order valence-electron chi connectivity index (χ2n) is 8.24. The summed E-state index contributed by atoms with van der Waals surface area (Å²) in [5, 5.41) is 6.67. The molecule has 2 unspecified atom stereocenters. The first-order chi connectivity index (χ1) is 14.2. The van der Waals surface area contributed by atoms with Gasteiger partial charge in [-0.1, -0.05) is 12.1 Å². The Hall–Kier alpha value is -2.86. The molecular weight excluding hydrogens is 364 g/mol. The topological polar surface area (TPSA) is 67.7 Å². The van der Waals surface area contributed by atoms with Gasteiger partial charge in [0.05, 0.1) is 5.69 Å². The molecular formula is C23H26N4O2. The van der Waals surface area contributed by atoms with E-state index in [0.29, 0.717) is 31.0 Å². The molecule has 0 spiro atoms. The highest BCUT2D eigenvalue weighted by Crippen LogP contribution is 2.33. The normalized spacial score (nSPS) is 23.2. The lowest BCUT2D eigenvalue weighted by Crippen LogP contribution is -2.39. The van der Waals surface area contributed by atoms with Crippen molar-refractivity contribution in [1.29, 1.82) is 0 Å². The Kier molecular flexibility index (Phi) is 4.94. The van der Waals surface area contributed by atoms with Gasteiger partial charge in [0.15, 0.2) is 0 Å². The molecule has 2 saturated heterocycles. The van der Waals surface area contributed by atoms with Crippen molar-refractivity contribution in [1.82, 2.24) is 14.7 Å². The molecule has 150 valence electrons. The Morgan fingerprint density at radius 3 is 2.86 bits per heavy atom. The second kappa shape index (κ2) is 7.87. The molecule has 2 aliphatic rings. The number of anilines is 1. The maximum atomic E-state index is 12.5. The molecule has 29 heavy (non-hydrogen) atoms. The lowest BCUT2D eigenvalue weighted by atomic mass is 9.89. The number of imidazole rings is 1. The van der Waals surface area contributed by atoms with Crippen molar-refractivity contribution in [2.45, 2.75) is 50.8 Å². The molecule has 3 aromatic rings. The van der Waals surface area contributed by atoms with E-state index in [0.717, 1.165) is 35.6 Å². The molecule has 0 aliphatic carbocycles. The number of pyridine rings is 1. The molecule has 2 atom stereocenters. The van der Waals surface area contributed by atoms with Crippen molar-refractivity contribution < 1.29 is 9.53 Å². The zero-order valence-electron chi connectivity index (χ0n) is 16.4. The average Bonchev–Trinajstić information content (AvgIpc) is 3.28. The van der Waals surface area contributed by atoms with Gasteiger partial charge in [-0.25, -0.2) is 4.98 Å². The van der Waals surface area contributed by atoms with Gasteiger partial charge in [0, 0.05) is 42.7 Å². The Labute approximate surface area is 170 Å². The standard InChI is InChI=1S/C23H26N4O2/c28-23(12-16-10-18-7-8-19(11-16)24-18)26-17-4-3-5-21(13-17)29-15-20-14-27-9-2-1-6-22(27)25-20/h1-6,9,13-14,16,18-19,24H,7-8,10-12,15H2,(H,26,28). The third-order valence-corrected chi connectivity index (χ3v) is 5.96.